The Morgan fingerprint density at radius 3 is 2.41 bits per heavy atom. The fraction of sp³-hybridized carbons (Fsp3) is 0.250. The first-order valence-electron chi connectivity index (χ1n) is 9.80. The fourth-order valence-electron chi connectivity index (χ4n) is 3.50. The van der Waals surface area contributed by atoms with Gasteiger partial charge in [0.1, 0.15) is 11.4 Å². The summed E-state index contributed by atoms with van der Waals surface area (Å²) < 4.78 is 5.92. The van der Waals surface area contributed by atoms with Gasteiger partial charge in [-0.05, 0) is 43.5 Å². The van der Waals surface area contributed by atoms with Crippen molar-refractivity contribution in [3.8, 4) is 5.75 Å². The van der Waals surface area contributed by atoms with E-state index in [2.05, 4.69) is 22.4 Å². The van der Waals surface area contributed by atoms with Crippen molar-refractivity contribution < 1.29 is 14.3 Å². The van der Waals surface area contributed by atoms with Crippen LogP contribution in [0.2, 0.25) is 0 Å². The normalized spacial score (nSPS) is 10.6. The summed E-state index contributed by atoms with van der Waals surface area (Å²) in [7, 11) is 0. The van der Waals surface area contributed by atoms with Crippen LogP contribution in [0.15, 0.2) is 54.6 Å². The van der Waals surface area contributed by atoms with Gasteiger partial charge in [0.05, 0.1) is 12.3 Å². The molecular weight excluding hydrogens is 364 g/mol. The van der Waals surface area contributed by atoms with E-state index in [1.807, 2.05) is 56.3 Å². The highest BCUT2D eigenvalue weighted by Gasteiger charge is 2.22. The van der Waals surface area contributed by atoms with E-state index in [9.17, 15) is 9.59 Å². The van der Waals surface area contributed by atoms with Crippen molar-refractivity contribution in [2.24, 2.45) is 0 Å². The summed E-state index contributed by atoms with van der Waals surface area (Å²) in [4.78, 5) is 28.0. The van der Waals surface area contributed by atoms with Crippen molar-refractivity contribution in [1.82, 2.24) is 4.98 Å². The number of H-pyrrole nitrogens is 1. The number of ether oxygens (including phenoxy) is 1. The second kappa shape index (κ2) is 9.24. The Morgan fingerprint density at radius 2 is 1.72 bits per heavy atom. The molecule has 0 radical (unpaired) electrons. The lowest BCUT2D eigenvalue weighted by Crippen LogP contribution is -2.16. The van der Waals surface area contributed by atoms with Crippen LogP contribution >= 0.6 is 0 Å². The molecule has 0 spiro atoms. The molecule has 0 fully saturated rings. The maximum atomic E-state index is 12.9. The number of aryl methyl sites for hydroxylation is 1. The zero-order valence-electron chi connectivity index (χ0n) is 17.0. The zero-order valence-corrected chi connectivity index (χ0v) is 17.0. The monoisotopic (exact) mass is 390 g/mol. The van der Waals surface area contributed by atoms with Gasteiger partial charge in [0, 0.05) is 17.7 Å². The molecule has 0 saturated carbocycles. The Labute approximate surface area is 171 Å². The second-order valence-corrected chi connectivity index (χ2v) is 6.92. The van der Waals surface area contributed by atoms with Gasteiger partial charge < -0.3 is 15.0 Å². The van der Waals surface area contributed by atoms with Gasteiger partial charge in [0.2, 0.25) is 0 Å². The van der Waals surface area contributed by atoms with Gasteiger partial charge in [-0.25, -0.2) is 0 Å². The number of carbonyl (C=O) groups is 2. The Bertz CT molecular complexity index is 1010. The number of hydrogen-bond donors (Lipinski definition) is 2. The van der Waals surface area contributed by atoms with Crippen LogP contribution in [0.5, 0.6) is 5.75 Å². The number of aromatic nitrogens is 1. The summed E-state index contributed by atoms with van der Waals surface area (Å²) in [6, 6.07) is 17.5. The molecule has 0 aliphatic heterocycles. The SMILES string of the molecule is CCc1c(C(=O)Nc2ccccc2OCCc2ccccc2)[nH]c(C)c1C(C)=O. The molecule has 150 valence electrons. The average molecular weight is 390 g/mol. The second-order valence-electron chi connectivity index (χ2n) is 6.92. The maximum absolute atomic E-state index is 12.9. The first-order chi connectivity index (χ1) is 14.0. The van der Waals surface area contributed by atoms with Gasteiger partial charge in [-0.2, -0.15) is 0 Å². The van der Waals surface area contributed by atoms with Crippen molar-refractivity contribution in [2.75, 3.05) is 11.9 Å². The minimum Gasteiger partial charge on any atom is -0.491 e. The number of carbonyl (C=O) groups excluding carboxylic acids is 2. The number of benzene rings is 2. The van der Waals surface area contributed by atoms with Crippen LogP contribution in [0.3, 0.4) is 0 Å². The molecule has 1 aromatic heterocycles. The van der Waals surface area contributed by atoms with Gasteiger partial charge in [0.15, 0.2) is 5.78 Å². The predicted octanol–water partition coefficient (Wildman–Crippen LogP) is 4.96. The van der Waals surface area contributed by atoms with Gasteiger partial charge >= 0.3 is 0 Å². The molecular formula is C24H26N2O3. The van der Waals surface area contributed by atoms with E-state index < -0.39 is 0 Å². The molecule has 1 heterocycles. The number of nitrogens with one attached hydrogen (secondary N) is 2. The quantitative estimate of drug-likeness (QED) is 0.534. The van der Waals surface area contributed by atoms with Crippen molar-refractivity contribution in [2.45, 2.75) is 33.6 Å². The number of hydrogen-bond acceptors (Lipinski definition) is 3. The molecule has 0 unspecified atom stereocenters. The molecule has 2 aromatic carbocycles. The minimum absolute atomic E-state index is 0.0423. The highest BCUT2D eigenvalue weighted by Crippen LogP contribution is 2.26. The number of para-hydroxylation sites is 2. The standard InChI is InChI=1S/C24H26N2O3/c1-4-19-22(17(3)27)16(2)25-23(19)24(28)26-20-12-8-9-13-21(20)29-15-14-18-10-6-5-7-11-18/h5-13,25H,4,14-15H2,1-3H3,(H,26,28). The lowest BCUT2D eigenvalue weighted by Gasteiger charge is -2.13. The molecule has 29 heavy (non-hydrogen) atoms. The van der Waals surface area contributed by atoms with Crippen LogP contribution in [0, 0.1) is 6.92 Å². The van der Waals surface area contributed by atoms with Gasteiger partial charge in [-0.1, -0.05) is 49.4 Å². The van der Waals surface area contributed by atoms with Gasteiger partial charge in [-0.3, -0.25) is 9.59 Å². The summed E-state index contributed by atoms with van der Waals surface area (Å²) in [6.07, 6.45) is 1.37. The molecule has 0 saturated heterocycles. The molecule has 2 N–H and O–H groups in total. The molecule has 3 rings (SSSR count). The number of rotatable bonds is 8. The lowest BCUT2D eigenvalue weighted by atomic mass is 10.0. The lowest BCUT2D eigenvalue weighted by molar-refractivity contribution is 0.101. The molecule has 0 atom stereocenters. The van der Waals surface area contributed by atoms with E-state index >= 15 is 0 Å². The summed E-state index contributed by atoms with van der Waals surface area (Å²) in [5, 5.41) is 2.92. The Hall–Kier alpha value is -3.34. The summed E-state index contributed by atoms with van der Waals surface area (Å²) in [5.41, 5.74) is 4.28. The maximum Gasteiger partial charge on any atom is 0.272 e. The van der Waals surface area contributed by atoms with Crippen LogP contribution in [0.1, 0.15) is 51.5 Å². The van der Waals surface area contributed by atoms with Crippen molar-refractivity contribution in [1.29, 1.82) is 0 Å². The van der Waals surface area contributed by atoms with Crippen LogP contribution in [-0.2, 0) is 12.8 Å². The van der Waals surface area contributed by atoms with Crippen molar-refractivity contribution in [3.05, 3.63) is 82.7 Å². The third-order valence-electron chi connectivity index (χ3n) is 4.85. The molecule has 0 aliphatic rings. The molecule has 1 amide bonds. The largest absolute Gasteiger partial charge is 0.491 e. The van der Waals surface area contributed by atoms with E-state index in [4.69, 9.17) is 4.74 Å². The summed E-state index contributed by atoms with van der Waals surface area (Å²) in [6.45, 7) is 5.78. The molecule has 0 bridgehead atoms. The number of Topliss-reactive ketones (excluding diaryl/α,β-unsaturated/α-hetero) is 1. The first kappa shape index (κ1) is 20.4. The molecule has 0 aliphatic carbocycles. The first-order valence-corrected chi connectivity index (χ1v) is 9.80. The molecule has 5 heteroatoms. The molecule has 5 nitrogen and oxygen atoms in total. The van der Waals surface area contributed by atoms with E-state index in [0.717, 1.165) is 12.0 Å². The predicted molar refractivity (Wildman–Crippen MR) is 115 cm³/mol. The van der Waals surface area contributed by atoms with E-state index in [1.54, 1.807) is 0 Å². The number of aromatic amines is 1. The van der Waals surface area contributed by atoms with Crippen LogP contribution < -0.4 is 10.1 Å². The fourth-order valence-corrected chi connectivity index (χ4v) is 3.50. The Kier molecular flexibility index (Phi) is 6.50. The third kappa shape index (κ3) is 4.74. The summed E-state index contributed by atoms with van der Waals surface area (Å²) >= 11 is 0. The van der Waals surface area contributed by atoms with Gasteiger partial charge in [-0.15, -0.1) is 0 Å². The average Bonchev–Trinajstić information content (AvgIpc) is 3.06. The Balaban J connectivity index is 1.75. The number of ketones is 1. The zero-order chi connectivity index (χ0) is 20.8. The van der Waals surface area contributed by atoms with Crippen LogP contribution in [-0.4, -0.2) is 23.3 Å². The van der Waals surface area contributed by atoms with E-state index in [1.165, 1.54) is 12.5 Å². The van der Waals surface area contributed by atoms with Crippen molar-refractivity contribution >= 4 is 17.4 Å². The number of anilines is 1. The van der Waals surface area contributed by atoms with E-state index in [-0.39, 0.29) is 11.7 Å². The van der Waals surface area contributed by atoms with Crippen LogP contribution in [0.25, 0.3) is 0 Å². The van der Waals surface area contributed by atoms with Crippen molar-refractivity contribution in [3.63, 3.8) is 0 Å². The third-order valence-corrected chi connectivity index (χ3v) is 4.85. The van der Waals surface area contributed by atoms with E-state index in [0.29, 0.717) is 41.4 Å². The highest BCUT2D eigenvalue weighted by molar-refractivity contribution is 6.08. The summed E-state index contributed by atoms with van der Waals surface area (Å²) in [5.74, 6) is 0.292. The highest BCUT2D eigenvalue weighted by atomic mass is 16.5. The Morgan fingerprint density at radius 1 is 1.03 bits per heavy atom. The van der Waals surface area contributed by atoms with Gasteiger partial charge in [0.25, 0.3) is 5.91 Å². The smallest absolute Gasteiger partial charge is 0.272 e. The molecule has 3 aromatic rings. The minimum atomic E-state index is -0.281. The number of amides is 1. The topological polar surface area (TPSA) is 71.2 Å². The van der Waals surface area contributed by atoms with Crippen LogP contribution in [0.4, 0.5) is 5.69 Å².